The maximum Gasteiger partial charge on any atom is 0.263 e. The lowest BCUT2D eigenvalue weighted by molar-refractivity contribution is 0.600. The van der Waals surface area contributed by atoms with Crippen molar-refractivity contribution in [2.45, 2.75) is 18.7 Å². The minimum absolute atomic E-state index is 0.254. The SMILES string of the molecule is Cc1ccc(C)c(S(=O)(=O)Nc2nnc(-c3ccccc3)s2)c1. The van der Waals surface area contributed by atoms with Crippen LogP contribution in [0.1, 0.15) is 11.1 Å². The summed E-state index contributed by atoms with van der Waals surface area (Å²) >= 11 is 1.21. The molecule has 1 aromatic heterocycles. The molecular formula is C16H15N3O2S2. The maximum atomic E-state index is 12.5. The zero-order chi connectivity index (χ0) is 16.4. The van der Waals surface area contributed by atoms with E-state index in [4.69, 9.17) is 0 Å². The molecule has 0 atom stereocenters. The van der Waals surface area contributed by atoms with E-state index in [1.165, 1.54) is 11.3 Å². The van der Waals surface area contributed by atoms with Gasteiger partial charge in [0.1, 0.15) is 5.01 Å². The number of aromatic nitrogens is 2. The van der Waals surface area contributed by atoms with Crippen molar-refractivity contribution in [3.05, 3.63) is 59.7 Å². The third-order valence-corrected chi connectivity index (χ3v) is 5.80. The van der Waals surface area contributed by atoms with Crippen molar-refractivity contribution in [1.29, 1.82) is 0 Å². The highest BCUT2D eigenvalue weighted by Crippen LogP contribution is 2.28. The Morgan fingerprint density at radius 2 is 1.74 bits per heavy atom. The second-order valence-electron chi connectivity index (χ2n) is 5.15. The summed E-state index contributed by atoms with van der Waals surface area (Å²) < 4.78 is 27.6. The van der Waals surface area contributed by atoms with Gasteiger partial charge < -0.3 is 0 Å². The Hall–Kier alpha value is -2.25. The summed E-state index contributed by atoms with van der Waals surface area (Å²) in [6.45, 7) is 3.63. The van der Waals surface area contributed by atoms with Gasteiger partial charge in [-0.1, -0.05) is 53.8 Å². The van der Waals surface area contributed by atoms with Crippen molar-refractivity contribution in [3.8, 4) is 10.6 Å². The van der Waals surface area contributed by atoms with Crippen LogP contribution in [0, 0.1) is 13.8 Å². The fraction of sp³-hybridized carbons (Fsp3) is 0.125. The lowest BCUT2D eigenvalue weighted by atomic mass is 10.2. The van der Waals surface area contributed by atoms with Gasteiger partial charge in [0.15, 0.2) is 0 Å². The van der Waals surface area contributed by atoms with Crippen molar-refractivity contribution in [1.82, 2.24) is 10.2 Å². The smallest absolute Gasteiger partial charge is 0.253 e. The van der Waals surface area contributed by atoms with E-state index >= 15 is 0 Å². The fourth-order valence-electron chi connectivity index (χ4n) is 2.13. The van der Waals surface area contributed by atoms with Crippen LogP contribution in [0.25, 0.3) is 10.6 Å². The molecule has 0 radical (unpaired) electrons. The topological polar surface area (TPSA) is 72.0 Å². The summed E-state index contributed by atoms with van der Waals surface area (Å²) in [5, 5.41) is 8.90. The van der Waals surface area contributed by atoms with E-state index in [0.717, 1.165) is 11.1 Å². The molecule has 7 heteroatoms. The van der Waals surface area contributed by atoms with E-state index in [1.807, 2.05) is 43.3 Å². The van der Waals surface area contributed by atoms with Gasteiger partial charge in [0, 0.05) is 5.56 Å². The summed E-state index contributed by atoms with van der Waals surface area (Å²) in [5.41, 5.74) is 2.48. The number of rotatable bonds is 4. The van der Waals surface area contributed by atoms with Crippen LogP contribution in [-0.2, 0) is 10.0 Å². The van der Waals surface area contributed by atoms with E-state index in [0.29, 0.717) is 10.6 Å². The molecule has 23 heavy (non-hydrogen) atoms. The molecule has 0 aliphatic carbocycles. The molecule has 0 saturated carbocycles. The van der Waals surface area contributed by atoms with Crippen molar-refractivity contribution < 1.29 is 8.42 Å². The highest BCUT2D eigenvalue weighted by atomic mass is 32.2. The highest BCUT2D eigenvalue weighted by Gasteiger charge is 2.19. The maximum absolute atomic E-state index is 12.5. The van der Waals surface area contributed by atoms with Crippen LogP contribution < -0.4 is 4.72 Å². The van der Waals surface area contributed by atoms with Crippen molar-refractivity contribution >= 4 is 26.5 Å². The zero-order valence-electron chi connectivity index (χ0n) is 12.6. The number of sulfonamides is 1. The Kier molecular flexibility index (Phi) is 4.14. The quantitative estimate of drug-likeness (QED) is 0.784. The standard InChI is InChI=1S/C16H15N3O2S2/c1-11-8-9-12(2)14(10-11)23(20,21)19-16-18-17-15(22-16)13-6-4-3-5-7-13/h3-10H,1-2H3,(H,18,19). The van der Waals surface area contributed by atoms with E-state index in [1.54, 1.807) is 19.1 Å². The molecule has 0 fully saturated rings. The number of hydrogen-bond donors (Lipinski definition) is 1. The van der Waals surface area contributed by atoms with Gasteiger partial charge in [0.05, 0.1) is 4.90 Å². The highest BCUT2D eigenvalue weighted by molar-refractivity contribution is 7.93. The molecule has 0 amide bonds. The predicted octanol–water partition coefficient (Wildman–Crippen LogP) is 3.62. The molecule has 0 spiro atoms. The van der Waals surface area contributed by atoms with E-state index in [-0.39, 0.29) is 10.0 Å². The summed E-state index contributed by atoms with van der Waals surface area (Å²) in [4.78, 5) is 0.258. The molecule has 0 aliphatic heterocycles. The number of nitrogens with one attached hydrogen (secondary N) is 1. The number of nitrogens with zero attached hydrogens (tertiary/aromatic N) is 2. The first-order valence-corrected chi connectivity index (χ1v) is 9.25. The fourth-order valence-corrected chi connectivity index (χ4v) is 4.44. The van der Waals surface area contributed by atoms with Crippen LogP contribution in [0.4, 0.5) is 5.13 Å². The van der Waals surface area contributed by atoms with Gasteiger partial charge in [0.2, 0.25) is 5.13 Å². The van der Waals surface area contributed by atoms with Crippen LogP contribution in [0.5, 0.6) is 0 Å². The lowest BCUT2D eigenvalue weighted by Crippen LogP contribution is -2.14. The van der Waals surface area contributed by atoms with Crippen molar-refractivity contribution in [3.63, 3.8) is 0 Å². The first-order chi connectivity index (χ1) is 11.0. The van der Waals surface area contributed by atoms with Crippen LogP contribution in [-0.4, -0.2) is 18.6 Å². The van der Waals surface area contributed by atoms with Crippen LogP contribution >= 0.6 is 11.3 Å². The molecule has 1 N–H and O–H groups in total. The van der Waals surface area contributed by atoms with Gasteiger partial charge in [-0.05, 0) is 31.0 Å². The summed E-state index contributed by atoms with van der Waals surface area (Å²) in [6, 6.07) is 14.8. The molecule has 5 nitrogen and oxygen atoms in total. The van der Waals surface area contributed by atoms with Crippen LogP contribution in [0.3, 0.4) is 0 Å². The molecule has 0 aliphatic rings. The van der Waals surface area contributed by atoms with Gasteiger partial charge in [-0.15, -0.1) is 10.2 Å². The Balaban J connectivity index is 1.90. The summed E-state index contributed by atoms with van der Waals surface area (Å²) in [5.74, 6) is 0. The Morgan fingerprint density at radius 3 is 2.48 bits per heavy atom. The van der Waals surface area contributed by atoms with Gasteiger partial charge >= 0.3 is 0 Å². The molecule has 0 bridgehead atoms. The monoisotopic (exact) mass is 345 g/mol. The van der Waals surface area contributed by atoms with E-state index in [9.17, 15) is 8.42 Å². The van der Waals surface area contributed by atoms with Gasteiger partial charge in [-0.2, -0.15) is 0 Å². The number of hydrogen-bond acceptors (Lipinski definition) is 5. The Bertz CT molecular complexity index is 935. The van der Waals surface area contributed by atoms with E-state index < -0.39 is 10.0 Å². The molecular weight excluding hydrogens is 330 g/mol. The lowest BCUT2D eigenvalue weighted by Gasteiger charge is -2.08. The Labute approximate surface area is 139 Å². The van der Waals surface area contributed by atoms with E-state index in [2.05, 4.69) is 14.9 Å². The zero-order valence-corrected chi connectivity index (χ0v) is 14.3. The first kappa shape index (κ1) is 15.6. The normalized spacial score (nSPS) is 11.4. The molecule has 3 aromatic rings. The second-order valence-corrected chi connectivity index (χ2v) is 7.78. The molecule has 0 saturated heterocycles. The van der Waals surface area contributed by atoms with Gasteiger partial charge in [0.25, 0.3) is 10.0 Å². The largest absolute Gasteiger partial charge is 0.263 e. The number of benzene rings is 2. The van der Waals surface area contributed by atoms with Gasteiger partial charge in [-0.25, -0.2) is 8.42 Å². The molecule has 118 valence electrons. The first-order valence-electron chi connectivity index (χ1n) is 6.95. The second kappa shape index (κ2) is 6.10. The number of anilines is 1. The molecule has 1 heterocycles. The third kappa shape index (κ3) is 3.40. The summed E-state index contributed by atoms with van der Waals surface area (Å²) in [7, 11) is -3.68. The van der Waals surface area contributed by atoms with Crippen molar-refractivity contribution in [2.24, 2.45) is 0 Å². The van der Waals surface area contributed by atoms with Crippen molar-refractivity contribution in [2.75, 3.05) is 4.72 Å². The van der Waals surface area contributed by atoms with Crippen LogP contribution in [0.15, 0.2) is 53.4 Å². The Morgan fingerprint density at radius 1 is 1.00 bits per heavy atom. The van der Waals surface area contributed by atoms with Gasteiger partial charge in [-0.3, -0.25) is 4.72 Å². The average Bonchev–Trinajstić information content (AvgIpc) is 2.98. The van der Waals surface area contributed by atoms with Crippen LogP contribution in [0.2, 0.25) is 0 Å². The average molecular weight is 345 g/mol. The minimum Gasteiger partial charge on any atom is -0.253 e. The molecule has 2 aromatic carbocycles. The predicted molar refractivity (Wildman–Crippen MR) is 92.1 cm³/mol. The number of aryl methyl sites for hydroxylation is 2. The molecule has 0 unspecified atom stereocenters. The minimum atomic E-state index is -3.68. The third-order valence-electron chi connectivity index (χ3n) is 3.30. The summed E-state index contributed by atoms with van der Waals surface area (Å²) in [6.07, 6.45) is 0. The molecule has 3 rings (SSSR count).